The van der Waals surface area contributed by atoms with Crippen LogP contribution in [-0.4, -0.2) is 88.8 Å². The molecule has 1 aliphatic heterocycles. The Bertz CT molecular complexity index is 1260. The quantitative estimate of drug-likeness (QED) is 0.242. The van der Waals surface area contributed by atoms with E-state index in [9.17, 15) is 0 Å². The number of anilines is 2. The number of aliphatic imine (C=N–C) groups is 1. The highest BCUT2D eigenvalue weighted by Gasteiger charge is 2.12. The summed E-state index contributed by atoms with van der Waals surface area (Å²) in [4.78, 5) is 24.3. The first-order chi connectivity index (χ1) is 18.7. The third-order valence-electron chi connectivity index (χ3n) is 5.72. The zero-order valence-electron chi connectivity index (χ0n) is 21.2. The van der Waals surface area contributed by atoms with Gasteiger partial charge in [0.25, 0.3) is 0 Å². The first kappa shape index (κ1) is 26.9. The summed E-state index contributed by atoms with van der Waals surface area (Å²) in [5, 5.41) is 15.7. The Hall–Kier alpha value is -4.13. The van der Waals surface area contributed by atoms with E-state index < -0.39 is 0 Å². The molecule has 12 nitrogen and oxygen atoms in total. The van der Waals surface area contributed by atoms with Crippen LogP contribution in [0.15, 0.2) is 59.0 Å². The molecule has 0 aliphatic carbocycles. The van der Waals surface area contributed by atoms with Crippen LogP contribution in [0.3, 0.4) is 0 Å². The van der Waals surface area contributed by atoms with E-state index in [0.29, 0.717) is 41.9 Å². The topological polar surface area (TPSA) is 154 Å². The summed E-state index contributed by atoms with van der Waals surface area (Å²) in [5.41, 5.74) is 10.3. The molecule has 0 amide bonds. The van der Waals surface area contributed by atoms with E-state index in [4.69, 9.17) is 20.1 Å². The number of morpholine rings is 1. The molecular formula is C26H31N9O3. The Balaban J connectivity index is 1.44. The van der Waals surface area contributed by atoms with Crippen molar-refractivity contribution in [2.75, 3.05) is 57.9 Å². The molecule has 0 saturated carbocycles. The molecule has 1 fully saturated rings. The Morgan fingerprint density at radius 2 is 2.03 bits per heavy atom. The van der Waals surface area contributed by atoms with Gasteiger partial charge in [-0.2, -0.15) is 0 Å². The predicted octanol–water partition coefficient (Wildman–Crippen LogP) is 3.52. The molecule has 0 spiro atoms. The number of nitrogens with zero attached hydrogens (tertiary/aromatic N) is 7. The van der Waals surface area contributed by atoms with Crippen molar-refractivity contribution < 1.29 is 14.6 Å². The van der Waals surface area contributed by atoms with Gasteiger partial charge in [-0.25, -0.2) is 25.5 Å². The molecule has 0 bridgehead atoms. The van der Waals surface area contributed by atoms with Crippen LogP contribution in [0.2, 0.25) is 0 Å². The first-order valence-corrected chi connectivity index (χ1v) is 12.3. The lowest BCUT2D eigenvalue weighted by Crippen LogP contribution is -2.38. The number of aromatic nitrogens is 4. The fourth-order valence-electron chi connectivity index (χ4n) is 3.73. The third kappa shape index (κ3) is 7.44. The van der Waals surface area contributed by atoms with E-state index in [1.807, 2.05) is 37.3 Å². The number of aliphatic hydroxyl groups excluding tert-OH is 1. The average molecular weight is 518 g/mol. The molecule has 2 aromatic heterocycles. The van der Waals surface area contributed by atoms with Crippen LogP contribution >= 0.6 is 0 Å². The third-order valence-corrected chi connectivity index (χ3v) is 5.72. The van der Waals surface area contributed by atoms with Crippen LogP contribution in [0.1, 0.15) is 12.6 Å². The second-order valence-corrected chi connectivity index (χ2v) is 8.29. The molecule has 3 heterocycles. The van der Waals surface area contributed by atoms with E-state index in [1.54, 1.807) is 18.6 Å². The van der Waals surface area contributed by atoms with Crippen LogP contribution in [0.5, 0.6) is 5.75 Å². The Labute approximate surface area is 221 Å². The molecular weight excluding hydrogens is 486 g/mol. The largest absolute Gasteiger partial charge is 0.489 e. The first-order valence-electron chi connectivity index (χ1n) is 12.3. The van der Waals surface area contributed by atoms with E-state index in [-0.39, 0.29) is 12.4 Å². The summed E-state index contributed by atoms with van der Waals surface area (Å²) < 4.78 is 11.2. The van der Waals surface area contributed by atoms with Crippen molar-refractivity contribution in [2.45, 2.75) is 6.92 Å². The fourth-order valence-corrected chi connectivity index (χ4v) is 3.73. The highest BCUT2D eigenvalue weighted by Crippen LogP contribution is 2.28. The lowest BCUT2D eigenvalue weighted by molar-refractivity contribution is 0.0322. The molecule has 1 saturated heterocycles. The number of aliphatic hydroxyl groups is 1. The second-order valence-electron chi connectivity index (χ2n) is 8.29. The minimum atomic E-state index is -0.0344. The number of rotatable bonds is 12. The normalized spacial score (nSPS) is 14.5. The summed E-state index contributed by atoms with van der Waals surface area (Å²) in [7, 11) is 0. The molecule has 198 valence electrons. The van der Waals surface area contributed by atoms with Crippen molar-refractivity contribution in [3.05, 3.63) is 54.6 Å². The van der Waals surface area contributed by atoms with E-state index in [1.165, 1.54) is 6.20 Å². The predicted molar refractivity (Wildman–Crippen MR) is 144 cm³/mol. The SMILES string of the molecule is C/C=C(\C=NCCO)c1cnc(N=N)c(Nc2cccc(-c3ncc(OCCN4CCOCC4)cn3)c2)n1. The molecule has 0 radical (unpaired) electrons. The van der Waals surface area contributed by atoms with Crippen LogP contribution in [0.4, 0.5) is 17.3 Å². The van der Waals surface area contributed by atoms with Crippen molar-refractivity contribution in [3.8, 4) is 17.1 Å². The van der Waals surface area contributed by atoms with Crippen LogP contribution < -0.4 is 10.1 Å². The van der Waals surface area contributed by atoms with Gasteiger partial charge in [0.05, 0.1) is 50.6 Å². The fraction of sp³-hybridized carbons (Fsp3) is 0.346. The monoisotopic (exact) mass is 517 g/mol. The number of allylic oxidation sites excluding steroid dienone is 2. The highest BCUT2D eigenvalue weighted by atomic mass is 16.5. The van der Waals surface area contributed by atoms with Gasteiger partial charge in [-0.05, 0) is 19.1 Å². The van der Waals surface area contributed by atoms with Crippen LogP contribution in [-0.2, 0) is 4.74 Å². The van der Waals surface area contributed by atoms with Crippen molar-refractivity contribution in [1.82, 2.24) is 24.8 Å². The second kappa shape index (κ2) is 14.0. The van der Waals surface area contributed by atoms with Crippen molar-refractivity contribution in [3.63, 3.8) is 0 Å². The zero-order chi connectivity index (χ0) is 26.6. The van der Waals surface area contributed by atoms with E-state index in [0.717, 1.165) is 44.0 Å². The highest BCUT2D eigenvalue weighted by molar-refractivity contribution is 6.09. The van der Waals surface area contributed by atoms with Gasteiger partial charge < -0.3 is 19.9 Å². The number of nitrogens with one attached hydrogen (secondary N) is 2. The number of ether oxygens (including phenoxy) is 2. The van der Waals surface area contributed by atoms with Gasteiger partial charge in [-0.3, -0.25) is 9.89 Å². The summed E-state index contributed by atoms with van der Waals surface area (Å²) >= 11 is 0. The zero-order valence-corrected chi connectivity index (χ0v) is 21.2. The maximum atomic E-state index is 8.97. The standard InChI is InChI=1S/C26H31N9O3/c1-2-19(15-28-6-10-36)23-18-31-25(34-27)26(33-23)32-21-5-3-4-20(14-21)24-29-16-22(17-30-24)38-13-9-35-7-11-37-12-8-35/h2-5,14-18,27,36H,6-13H2,1H3,(H,32,33)/b19-2+,28-15?,34-27?. The van der Waals surface area contributed by atoms with Gasteiger partial charge in [0.2, 0.25) is 5.82 Å². The maximum Gasteiger partial charge on any atom is 0.216 e. The maximum absolute atomic E-state index is 8.97. The number of benzene rings is 1. The molecule has 1 aromatic carbocycles. The molecule has 3 N–H and O–H groups in total. The van der Waals surface area contributed by atoms with Crippen LogP contribution in [0.25, 0.3) is 17.0 Å². The Morgan fingerprint density at radius 1 is 1.21 bits per heavy atom. The minimum Gasteiger partial charge on any atom is -0.489 e. The van der Waals surface area contributed by atoms with Gasteiger partial charge >= 0.3 is 0 Å². The van der Waals surface area contributed by atoms with Crippen LogP contribution in [0, 0.1) is 5.53 Å². The van der Waals surface area contributed by atoms with Gasteiger partial charge in [0.15, 0.2) is 17.4 Å². The molecule has 12 heteroatoms. The average Bonchev–Trinajstić information content (AvgIpc) is 2.96. The van der Waals surface area contributed by atoms with Crippen molar-refractivity contribution >= 4 is 29.1 Å². The molecule has 0 atom stereocenters. The smallest absolute Gasteiger partial charge is 0.216 e. The van der Waals surface area contributed by atoms with Gasteiger partial charge in [0.1, 0.15) is 6.61 Å². The summed E-state index contributed by atoms with van der Waals surface area (Å²) in [6.45, 7) is 6.90. The lowest BCUT2D eigenvalue weighted by atomic mass is 10.2. The summed E-state index contributed by atoms with van der Waals surface area (Å²) in [6.07, 6.45) is 8.36. The van der Waals surface area contributed by atoms with Gasteiger partial charge in [0, 0.05) is 42.7 Å². The summed E-state index contributed by atoms with van der Waals surface area (Å²) in [6, 6.07) is 7.54. The number of hydrogen-bond acceptors (Lipinski definition) is 12. The van der Waals surface area contributed by atoms with Crippen molar-refractivity contribution in [2.24, 2.45) is 10.1 Å². The molecule has 3 aromatic rings. The number of hydrogen-bond donors (Lipinski definition) is 3. The lowest BCUT2D eigenvalue weighted by Gasteiger charge is -2.26. The Morgan fingerprint density at radius 3 is 2.76 bits per heavy atom. The van der Waals surface area contributed by atoms with E-state index >= 15 is 0 Å². The summed E-state index contributed by atoms with van der Waals surface area (Å²) in [5.74, 6) is 1.65. The molecule has 1 aliphatic rings. The minimum absolute atomic E-state index is 0.0344. The van der Waals surface area contributed by atoms with Crippen molar-refractivity contribution in [1.29, 1.82) is 5.53 Å². The van der Waals surface area contributed by atoms with Gasteiger partial charge in [-0.1, -0.05) is 18.2 Å². The molecule has 4 rings (SSSR count). The Kier molecular flexibility index (Phi) is 9.90. The van der Waals surface area contributed by atoms with E-state index in [2.05, 4.69) is 40.3 Å². The van der Waals surface area contributed by atoms with Gasteiger partial charge in [-0.15, -0.1) is 5.11 Å². The molecule has 0 unspecified atom stereocenters. The molecule has 38 heavy (non-hydrogen) atoms.